The number of sulfonamides is 1. The molecule has 3 rings (SSSR count). The summed E-state index contributed by atoms with van der Waals surface area (Å²) in [6.07, 6.45) is 1.19. The average Bonchev–Trinajstić information content (AvgIpc) is 2.79. The SMILES string of the molecule is COc1ccc(NC(=O)c2ccc(CN(c3ccc(C)c(C)c3)S(C)(=O)=O)cc2)c(OC)c1. The highest BCUT2D eigenvalue weighted by atomic mass is 32.2. The molecule has 0 unspecified atom stereocenters. The van der Waals surface area contributed by atoms with E-state index in [4.69, 9.17) is 9.47 Å². The number of nitrogens with zero attached hydrogens (tertiary/aromatic N) is 1. The number of aryl methyl sites for hydroxylation is 2. The molecule has 0 radical (unpaired) electrons. The van der Waals surface area contributed by atoms with Crippen LogP contribution in [0.25, 0.3) is 0 Å². The van der Waals surface area contributed by atoms with E-state index >= 15 is 0 Å². The first-order chi connectivity index (χ1) is 15.6. The quantitative estimate of drug-likeness (QED) is 0.525. The van der Waals surface area contributed by atoms with Gasteiger partial charge in [-0.05, 0) is 66.9 Å². The maximum atomic E-state index is 12.7. The number of anilines is 2. The Labute approximate surface area is 195 Å². The van der Waals surface area contributed by atoms with Crippen molar-refractivity contribution in [1.29, 1.82) is 0 Å². The van der Waals surface area contributed by atoms with E-state index in [-0.39, 0.29) is 12.5 Å². The predicted molar refractivity (Wildman–Crippen MR) is 131 cm³/mol. The molecule has 0 saturated heterocycles. The van der Waals surface area contributed by atoms with Gasteiger partial charge in [0.05, 0.1) is 38.4 Å². The second-order valence-corrected chi connectivity index (χ2v) is 9.66. The molecule has 174 valence electrons. The first-order valence-corrected chi connectivity index (χ1v) is 12.1. The molecule has 3 aromatic carbocycles. The normalized spacial score (nSPS) is 11.1. The number of rotatable bonds is 8. The van der Waals surface area contributed by atoms with Gasteiger partial charge in [0.2, 0.25) is 10.0 Å². The predicted octanol–water partition coefficient (Wildman–Crippen LogP) is 4.54. The molecule has 1 N–H and O–H groups in total. The van der Waals surface area contributed by atoms with Gasteiger partial charge in [-0.25, -0.2) is 8.42 Å². The molecule has 0 aliphatic heterocycles. The van der Waals surface area contributed by atoms with Crippen LogP contribution in [0.4, 0.5) is 11.4 Å². The van der Waals surface area contributed by atoms with Crippen LogP contribution in [0.1, 0.15) is 27.0 Å². The first kappa shape index (κ1) is 24.1. The van der Waals surface area contributed by atoms with Crippen molar-refractivity contribution in [2.45, 2.75) is 20.4 Å². The first-order valence-electron chi connectivity index (χ1n) is 10.3. The number of amides is 1. The summed E-state index contributed by atoms with van der Waals surface area (Å²) in [6, 6.07) is 17.5. The van der Waals surface area contributed by atoms with Crippen molar-refractivity contribution >= 4 is 27.3 Å². The minimum absolute atomic E-state index is 0.162. The molecule has 0 heterocycles. The van der Waals surface area contributed by atoms with E-state index in [1.54, 1.807) is 55.6 Å². The molecule has 0 aromatic heterocycles. The smallest absolute Gasteiger partial charge is 0.255 e. The molecule has 0 saturated carbocycles. The molecule has 7 nitrogen and oxygen atoms in total. The van der Waals surface area contributed by atoms with Gasteiger partial charge >= 0.3 is 0 Å². The molecule has 0 aliphatic rings. The highest BCUT2D eigenvalue weighted by molar-refractivity contribution is 7.92. The minimum atomic E-state index is -3.50. The lowest BCUT2D eigenvalue weighted by Gasteiger charge is -2.23. The highest BCUT2D eigenvalue weighted by Crippen LogP contribution is 2.29. The Hall–Kier alpha value is -3.52. The van der Waals surface area contributed by atoms with Crippen LogP contribution in [0.3, 0.4) is 0 Å². The number of carbonyl (C=O) groups excluding carboxylic acids is 1. The van der Waals surface area contributed by atoms with E-state index in [1.165, 1.54) is 17.7 Å². The van der Waals surface area contributed by atoms with Crippen LogP contribution in [0.5, 0.6) is 11.5 Å². The van der Waals surface area contributed by atoms with Crippen LogP contribution in [0, 0.1) is 13.8 Å². The largest absolute Gasteiger partial charge is 0.497 e. The maximum absolute atomic E-state index is 12.7. The van der Waals surface area contributed by atoms with Gasteiger partial charge in [0.15, 0.2) is 0 Å². The third-order valence-electron chi connectivity index (χ3n) is 5.38. The van der Waals surface area contributed by atoms with Gasteiger partial charge in [0.25, 0.3) is 5.91 Å². The summed E-state index contributed by atoms with van der Waals surface area (Å²) >= 11 is 0. The van der Waals surface area contributed by atoms with Crippen molar-refractivity contribution in [2.24, 2.45) is 0 Å². The van der Waals surface area contributed by atoms with E-state index in [1.807, 2.05) is 26.0 Å². The third-order valence-corrected chi connectivity index (χ3v) is 6.52. The Bertz CT molecular complexity index is 1250. The Morgan fingerprint density at radius 2 is 1.61 bits per heavy atom. The fourth-order valence-corrected chi connectivity index (χ4v) is 4.18. The summed E-state index contributed by atoms with van der Waals surface area (Å²) in [5.74, 6) is 0.795. The van der Waals surface area contributed by atoms with Crippen LogP contribution in [-0.2, 0) is 16.6 Å². The topological polar surface area (TPSA) is 84.9 Å². The molecule has 0 fully saturated rings. The Morgan fingerprint density at radius 3 is 2.18 bits per heavy atom. The summed E-state index contributed by atoms with van der Waals surface area (Å²) in [5.41, 5.74) is 4.43. The summed E-state index contributed by atoms with van der Waals surface area (Å²) in [6.45, 7) is 4.09. The lowest BCUT2D eigenvalue weighted by atomic mass is 10.1. The number of carbonyl (C=O) groups is 1. The van der Waals surface area contributed by atoms with Gasteiger partial charge in [0, 0.05) is 11.6 Å². The van der Waals surface area contributed by atoms with E-state index < -0.39 is 10.0 Å². The number of ether oxygens (including phenoxy) is 2. The molecule has 0 bridgehead atoms. The molecule has 3 aromatic rings. The van der Waals surface area contributed by atoms with E-state index in [2.05, 4.69) is 5.32 Å². The van der Waals surface area contributed by atoms with Crippen molar-refractivity contribution in [3.63, 3.8) is 0 Å². The zero-order chi connectivity index (χ0) is 24.2. The molecular weight excluding hydrogens is 440 g/mol. The van der Waals surface area contributed by atoms with Crippen molar-refractivity contribution < 1.29 is 22.7 Å². The Morgan fingerprint density at radius 1 is 0.909 bits per heavy atom. The maximum Gasteiger partial charge on any atom is 0.255 e. The second-order valence-electron chi connectivity index (χ2n) is 7.76. The average molecular weight is 469 g/mol. The van der Waals surface area contributed by atoms with Gasteiger partial charge in [0.1, 0.15) is 11.5 Å². The van der Waals surface area contributed by atoms with Crippen LogP contribution < -0.4 is 19.1 Å². The molecule has 0 spiro atoms. The standard InChI is InChI=1S/C25H28N2O5S/c1-17-6-11-21(14-18(17)2)27(33(5,29)30)16-19-7-9-20(10-8-19)25(28)26-23-13-12-22(31-3)15-24(23)32-4/h6-15H,16H2,1-5H3,(H,26,28). The van der Waals surface area contributed by atoms with Crippen LogP contribution in [-0.4, -0.2) is 34.8 Å². The number of hydrogen-bond acceptors (Lipinski definition) is 5. The zero-order valence-electron chi connectivity index (χ0n) is 19.4. The number of methoxy groups -OCH3 is 2. The van der Waals surface area contributed by atoms with E-state index in [9.17, 15) is 13.2 Å². The van der Waals surface area contributed by atoms with Crippen molar-refractivity contribution in [3.8, 4) is 11.5 Å². The fraction of sp³-hybridized carbons (Fsp3) is 0.240. The fourth-order valence-electron chi connectivity index (χ4n) is 3.30. The van der Waals surface area contributed by atoms with Crippen LogP contribution in [0.15, 0.2) is 60.7 Å². The zero-order valence-corrected chi connectivity index (χ0v) is 20.2. The Kier molecular flexibility index (Phi) is 7.28. The van der Waals surface area contributed by atoms with Crippen molar-refractivity contribution in [3.05, 3.63) is 82.9 Å². The van der Waals surface area contributed by atoms with Crippen LogP contribution in [0.2, 0.25) is 0 Å². The van der Waals surface area contributed by atoms with Gasteiger partial charge in [-0.15, -0.1) is 0 Å². The van der Waals surface area contributed by atoms with E-state index in [0.29, 0.717) is 28.4 Å². The number of nitrogens with one attached hydrogen (secondary N) is 1. The summed E-state index contributed by atoms with van der Waals surface area (Å²) in [4.78, 5) is 12.7. The van der Waals surface area contributed by atoms with Gasteiger partial charge in [-0.2, -0.15) is 0 Å². The van der Waals surface area contributed by atoms with Gasteiger partial charge < -0.3 is 14.8 Å². The lowest BCUT2D eigenvalue weighted by Crippen LogP contribution is -2.29. The van der Waals surface area contributed by atoms with E-state index in [0.717, 1.165) is 16.7 Å². The lowest BCUT2D eigenvalue weighted by molar-refractivity contribution is 0.102. The minimum Gasteiger partial charge on any atom is -0.497 e. The summed E-state index contributed by atoms with van der Waals surface area (Å²) in [5, 5.41) is 2.83. The number of hydrogen-bond donors (Lipinski definition) is 1. The molecule has 0 aliphatic carbocycles. The Balaban J connectivity index is 1.78. The molecule has 33 heavy (non-hydrogen) atoms. The molecule has 8 heteroatoms. The second kappa shape index (κ2) is 9.95. The summed E-state index contributed by atoms with van der Waals surface area (Å²) < 4.78 is 36.8. The van der Waals surface area contributed by atoms with Gasteiger partial charge in [-0.1, -0.05) is 18.2 Å². The van der Waals surface area contributed by atoms with Gasteiger partial charge in [-0.3, -0.25) is 9.10 Å². The van der Waals surface area contributed by atoms with Crippen molar-refractivity contribution in [2.75, 3.05) is 30.1 Å². The molecule has 1 amide bonds. The highest BCUT2D eigenvalue weighted by Gasteiger charge is 2.19. The third kappa shape index (κ3) is 5.84. The number of benzene rings is 3. The van der Waals surface area contributed by atoms with Crippen LogP contribution >= 0.6 is 0 Å². The molecular formula is C25H28N2O5S. The monoisotopic (exact) mass is 468 g/mol. The summed E-state index contributed by atoms with van der Waals surface area (Å²) in [7, 11) is -0.425. The molecule has 0 atom stereocenters. The van der Waals surface area contributed by atoms with Crippen molar-refractivity contribution in [1.82, 2.24) is 0 Å².